The molecule has 3 amide bonds. The van der Waals surface area contributed by atoms with Crippen LogP contribution in [-0.2, 0) is 9.59 Å². The van der Waals surface area contributed by atoms with Gasteiger partial charge >= 0.3 is 0 Å². The highest BCUT2D eigenvalue weighted by atomic mass is 16.3. The van der Waals surface area contributed by atoms with Crippen LogP contribution in [0, 0.1) is 0 Å². The van der Waals surface area contributed by atoms with E-state index in [-0.39, 0.29) is 30.2 Å². The molecule has 3 rings (SSSR count). The van der Waals surface area contributed by atoms with Gasteiger partial charge in [-0.2, -0.15) is 5.10 Å². The lowest BCUT2D eigenvalue weighted by molar-refractivity contribution is -0.121. The van der Waals surface area contributed by atoms with Gasteiger partial charge in [0.2, 0.25) is 5.91 Å². The number of piperidine rings is 1. The van der Waals surface area contributed by atoms with Crippen LogP contribution in [0.4, 0.5) is 0 Å². The molecule has 0 spiro atoms. The minimum atomic E-state index is -0.249. The van der Waals surface area contributed by atoms with E-state index in [1.165, 1.54) is 6.26 Å². The Balaban J connectivity index is 1.48. The first-order valence-electron chi connectivity index (χ1n) is 7.62. The highest BCUT2D eigenvalue weighted by molar-refractivity contribution is 6.39. The number of hydrazone groups is 1. The highest BCUT2D eigenvalue weighted by Crippen LogP contribution is 2.14. The SMILES string of the molecule is O=C1CCC(C(=O)NC2CCN(C(=O)c3ccco3)CC2)=NN1. The van der Waals surface area contributed by atoms with Crippen LogP contribution < -0.4 is 10.7 Å². The van der Waals surface area contributed by atoms with E-state index in [9.17, 15) is 14.4 Å². The molecular weight excluding hydrogens is 300 g/mol. The number of nitrogens with zero attached hydrogens (tertiary/aromatic N) is 2. The molecule has 23 heavy (non-hydrogen) atoms. The van der Waals surface area contributed by atoms with Crippen molar-refractivity contribution < 1.29 is 18.8 Å². The molecule has 1 aromatic heterocycles. The van der Waals surface area contributed by atoms with Crippen LogP contribution in [0.2, 0.25) is 0 Å². The van der Waals surface area contributed by atoms with E-state index in [1.807, 2.05) is 0 Å². The average molecular weight is 318 g/mol. The molecule has 1 fully saturated rings. The first-order valence-corrected chi connectivity index (χ1v) is 7.62. The molecule has 2 aliphatic rings. The summed E-state index contributed by atoms with van der Waals surface area (Å²) < 4.78 is 5.12. The Kier molecular flexibility index (Phi) is 4.40. The Hall–Kier alpha value is -2.64. The minimum absolute atomic E-state index is 0.00322. The summed E-state index contributed by atoms with van der Waals surface area (Å²) in [6, 6.07) is 3.33. The van der Waals surface area contributed by atoms with Crippen molar-refractivity contribution in [3.63, 3.8) is 0 Å². The van der Waals surface area contributed by atoms with Gasteiger partial charge in [-0.25, -0.2) is 5.43 Å². The standard InChI is InChI=1S/C15H18N4O4/c20-13-4-3-11(17-18-13)14(21)16-10-5-7-19(8-6-10)15(22)12-2-1-9-23-12/h1-2,9-10H,3-8H2,(H,16,21)(H,18,20). The monoisotopic (exact) mass is 318 g/mol. The number of nitrogens with one attached hydrogen (secondary N) is 2. The minimum Gasteiger partial charge on any atom is -0.459 e. The predicted molar refractivity (Wildman–Crippen MR) is 80.6 cm³/mol. The molecule has 1 saturated heterocycles. The van der Waals surface area contributed by atoms with Crippen molar-refractivity contribution in [2.75, 3.05) is 13.1 Å². The molecule has 0 radical (unpaired) electrons. The van der Waals surface area contributed by atoms with E-state index in [2.05, 4.69) is 15.8 Å². The van der Waals surface area contributed by atoms with Crippen LogP contribution in [-0.4, -0.2) is 47.5 Å². The van der Waals surface area contributed by atoms with Gasteiger partial charge in [0, 0.05) is 32.0 Å². The van der Waals surface area contributed by atoms with Crippen molar-refractivity contribution in [3.8, 4) is 0 Å². The number of furan rings is 1. The number of carbonyl (C=O) groups excluding carboxylic acids is 3. The molecule has 3 heterocycles. The van der Waals surface area contributed by atoms with Crippen molar-refractivity contribution >= 4 is 23.4 Å². The zero-order valence-electron chi connectivity index (χ0n) is 12.6. The molecule has 8 nitrogen and oxygen atoms in total. The van der Waals surface area contributed by atoms with E-state index in [0.29, 0.717) is 43.8 Å². The molecular formula is C15H18N4O4. The largest absolute Gasteiger partial charge is 0.459 e. The summed E-state index contributed by atoms with van der Waals surface area (Å²) in [5, 5.41) is 6.70. The van der Waals surface area contributed by atoms with Gasteiger partial charge in [0.1, 0.15) is 5.71 Å². The maximum Gasteiger partial charge on any atom is 0.289 e. The van der Waals surface area contributed by atoms with Crippen molar-refractivity contribution in [3.05, 3.63) is 24.2 Å². The van der Waals surface area contributed by atoms with E-state index >= 15 is 0 Å². The number of hydrogen-bond acceptors (Lipinski definition) is 5. The summed E-state index contributed by atoms with van der Waals surface area (Å²) in [7, 11) is 0. The van der Waals surface area contributed by atoms with Crippen LogP contribution in [0.25, 0.3) is 0 Å². The second-order valence-electron chi connectivity index (χ2n) is 5.61. The van der Waals surface area contributed by atoms with Gasteiger partial charge < -0.3 is 14.6 Å². The van der Waals surface area contributed by atoms with Crippen LogP contribution in [0.1, 0.15) is 36.2 Å². The molecule has 0 bridgehead atoms. The molecule has 2 N–H and O–H groups in total. The van der Waals surface area contributed by atoms with Gasteiger partial charge in [0.25, 0.3) is 11.8 Å². The van der Waals surface area contributed by atoms with Crippen LogP contribution in [0.3, 0.4) is 0 Å². The lowest BCUT2D eigenvalue weighted by Crippen LogP contribution is -2.48. The van der Waals surface area contributed by atoms with E-state index in [0.717, 1.165) is 0 Å². The summed E-state index contributed by atoms with van der Waals surface area (Å²) in [6.45, 7) is 1.13. The fourth-order valence-corrected chi connectivity index (χ4v) is 2.69. The normalized spacial score (nSPS) is 19.0. The fourth-order valence-electron chi connectivity index (χ4n) is 2.69. The van der Waals surface area contributed by atoms with Gasteiger partial charge in [-0.15, -0.1) is 0 Å². The van der Waals surface area contributed by atoms with Crippen LogP contribution in [0.15, 0.2) is 27.9 Å². The zero-order valence-corrected chi connectivity index (χ0v) is 12.6. The Bertz CT molecular complexity index is 630. The summed E-state index contributed by atoms with van der Waals surface area (Å²) in [6.07, 6.45) is 3.47. The summed E-state index contributed by atoms with van der Waals surface area (Å²) >= 11 is 0. The van der Waals surface area contributed by atoms with E-state index in [1.54, 1.807) is 17.0 Å². The second kappa shape index (κ2) is 6.64. The van der Waals surface area contributed by atoms with Gasteiger partial charge in [0.15, 0.2) is 5.76 Å². The number of hydrogen-bond donors (Lipinski definition) is 2. The molecule has 8 heteroatoms. The lowest BCUT2D eigenvalue weighted by Gasteiger charge is -2.32. The Morgan fingerprint density at radius 1 is 1.30 bits per heavy atom. The zero-order chi connectivity index (χ0) is 16.2. The Labute approximate surface area is 132 Å². The van der Waals surface area contributed by atoms with E-state index < -0.39 is 0 Å². The maximum atomic E-state index is 12.2. The van der Waals surface area contributed by atoms with Gasteiger partial charge in [-0.1, -0.05) is 0 Å². The summed E-state index contributed by atoms with van der Waals surface area (Å²) in [5.74, 6) is -0.217. The van der Waals surface area contributed by atoms with Crippen molar-refractivity contribution in [1.82, 2.24) is 15.6 Å². The molecule has 0 unspecified atom stereocenters. The van der Waals surface area contributed by atoms with Crippen LogP contribution in [0.5, 0.6) is 0 Å². The van der Waals surface area contributed by atoms with Gasteiger partial charge in [0.05, 0.1) is 6.26 Å². The fraction of sp³-hybridized carbons (Fsp3) is 0.467. The third-order valence-electron chi connectivity index (χ3n) is 4.02. The van der Waals surface area contributed by atoms with E-state index in [4.69, 9.17) is 4.42 Å². The van der Waals surface area contributed by atoms with Crippen molar-refractivity contribution in [1.29, 1.82) is 0 Å². The molecule has 0 atom stereocenters. The first-order chi connectivity index (χ1) is 11.1. The number of rotatable bonds is 3. The molecule has 1 aromatic rings. The molecule has 0 saturated carbocycles. The highest BCUT2D eigenvalue weighted by Gasteiger charge is 2.27. The number of likely N-dealkylation sites (tertiary alicyclic amines) is 1. The summed E-state index contributed by atoms with van der Waals surface area (Å²) in [4.78, 5) is 37.0. The number of carbonyl (C=O) groups is 3. The average Bonchev–Trinajstić information content (AvgIpc) is 3.10. The summed E-state index contributed by atoms with van der Waals surface area (Å²) in [5.41, 5.74) is 2.66. The maximum absolute atomic E-state index is 12.2. The van der Waals surface area contributed by atoms with Crippen molar-refractivity contribution in [2.45, 2.75) is 31.7 Å². The van der Waals surface area contributed by atoms with Gasteiger partial charge in [-0.3, -0.25) is 14.4 Å². The van der Waals surface area contributed by atoms with Crippen molar-refractivity contribution in [2.24, 2.45) is 5.10 Å². The molecule has 0 aromatic carbocycles. The number of amides is 3. The third-order valence-corrected chi connectivity index (χ3v) is 4.02. The first kappa shape index (κ1) is 15.3. The Morgan fingerprint density at radius 2 is 2.09 bits per heavy atom. The molecule has 122 valence electrons. The van der Waals surface area contributed by atoms with Gasteiger partial charge in [-0.05, 0) is 25.0 Å². The van der Waals surface area contributed by atoms with Crippen LogP contribution >= 0.6 is 0 Å². The lowest BCUT2D eigenvalue weighted by atomic mass is 10.0. The second-order valence-corrected chi connectivity index (χ2v) is 5.61. The Morgan fingerprint density at radius 3 is 2.70 bits per heavy atom. The smallest absolute Gasteiger partial charge is 0.289 e. The quantitative estimate of drug-likeness (QED) is 0.834. The molecule has 0 aliphatic carbocycles. The topological polar surface area (TPSA) is 104 Å². The predicted octanol–water partition coefficient (Wildman–Crippen LogP) is 0.266. The third kappa shape index (κ3) is 3.58. The molecule has 2 aliphatic heterocycles.